The Bertz CT molecular complexity index is 291. The van der Waals surface area contributed by atoms with Gasteiger partial charge in [-0.25, -0.2) is 4.98 Å². The third-order valence-corrected chi connectivity index (χ3v) is 2.56. The van der Waals surface area contributed by atoms with E-state index in [1.807, 2.05) is 25.6 Å². The topological polar surface area (TPSA) is 29.9 Å². The molecule has 0 radical (unpaired) electrons. The van der Waals surface area contributed by atoms with Gasteiger partial charge in [-0.05, 0) is 25.8 Å². The first-order valence-electron chi connectivity index (χ1n) is 5.60. The molecule has 0 aliphatic carbocycles. The fraction of sp³-hybridized carbons (Fsp3) is 0.583. The molecule has 15 heavy (non-hydrogen) atoms. The Morgan fingerprint density at radius 2 is 2.47 bits per heavy atom. The molecular weight excluding hydrogens is 186 g/mol. The van der Waals surface area contributed by atoms with E-state index in [0.717, 1.165) is 19.4 Å². The molecule has 0 saturated carbocycles. The van der Waals surface area contributed by atoms with Crippen molar-refractivity contribution in [1.29, 1.82) is 0 Å². The smallest absolute Gasteiger partial charge is 0.0946 e. The van der Waals surface area contributed by atoms with Crippen molar-refractivity contribution in [2.75, 3.05) is 6.54 Å². The lowest BCUT2D eigenvalue weighted by molar-refractivity contribution is 0.477. The molecule has 0 aliphatic rings. The predicted molar refractivity (Wildman–Crippen MR) is 63.7 cm³/mol. The summed E-state index contributed by atoms with van der Waals surface area (Å²) in [5.41, 5.74) is 1.26. The number of rotatable bonds is 7. The van der Waals surface area contributed by atoms with Crippen LogP contribution in [-0.2, 0) is 7.05 Å². The maximum Gasteiger partial charge on any atom is 0.0946 e. The molecular formula is C12H21N3. The lowest BCUT2D eigenvalue weighted by Gasteiger charge is -2.17. The highest BCUT2D eigenvalue weighted by Gasteiger charge is 2.12. The molecule has 3 nitrogen and oxygen atoms in total. The van der Waals surface area contributed by atoms with Gasteiger partial charge in [0.25, 0.3) is 0 Å². The zero-order valence-corrected chi connectivity index (χ0v) is 9.74. The molecule has 0 saturated heterocycles. The van der Waals surface area contributed by atoms with Crippen molar-refractivity contribution >= 4 is 0 Å². The van der Waals surface area contributed by atoms with Gasteiger partial charge in [0.15, 0.2) is 0 Å². The van der Waals surface area contributed by atoms with E-state index in [4.69, 9.17) is 0 Å². The fourth-order valence-electron chi connectivity index (χ4n) is 1.77. The van der Waals surface area contributed by atoms with Gasteiger partial charge in [-0.1, -0.05) is 13.0 Å². The van der Waals surface area contributed by atoms with Crippen molar-refractivity contribution < 1.29 is 0 Å². The molecule has 1 aromatic heterocycles. The summed E-state index contributed by atoms with van der Waals surface area (Å²) in [5, 5.41) is 3.49. The molecule has 0 amide bonds. The van der Waals surface area contributed by atoms with E-state index in [9.17, 15) is 0 Å². The standard InChI is InChI=1S/C12H21N3/c1-4-6-7-8-11(14-5-2)12-9-13-10-15(12)3/h4,9-11,14H,1,5-8H2,2-3H3. The number of nitrogens with one attached hydrogen (secondary N) is 1. The average Bonchev–Trinajstić information content (AvgIpc) is 2.64. The Morgan fingerprint density at radius 3 is 3.00 bits per heavy atom. The van der Waals surface area contributed by atoms with E-state index >= 15 is 0 Å². The molecule has 0 spiro atoms. The first kappa shape index (κ1) is 12.0. The van der Waals surface area contributed by atoms with Crippen molar-refractivity contribution in [2.45, 2.75) is 32.2 Å². The molecule has 1 heterocycles. The van der Waals surface area contributed by atoms with Gasteiger partial charge in [0.05, 0.1) is 12.0 Å². The van der Waals surface area contributed by atoms with Crippen LogP contribution in [0.4, 0.5) is 0 Å². The normalized spacial score (nSPS) is 12.7. The molecule has 1 rings (SSSR count). The maximum atomic E-state index is 4.16. The van der Waals surface area contributed by atoms with Crippen LogP contribution in [0.25, 0.3) is 0 Å². The van der Waals surface area contributed by atoms with Gasteiger partial charge in [0.1, 0.15) is 0 Å². The zero-order chi connectivity index (χ0) is 11.1. The monoisotopic (exact) mass is 207 g/mol. The Morgan fingerprint density at radius 1 is 1.67 bits per heavy atom. The van der Waals surface area contributed by atoms with Gasteiger partial charge in [-0.3, -0.25) is 0 Å². The molecule has 0 bridgehead atoms. The molecule has 1 aromatic rings. The molecule has 3 heteroatoms. The number of allylic oxidation sites excluding steroid dienone is 1. The summed E-state index contributed by atoms with van der Waals surface area (Å²) in [6.45, 7) is 6.87. The van der Waals surface area contributed by atoms with Gasteiger partial charge in [0.2, 0.25) is 0 Å². The largest absolute Gasteiger partial charge is 0.336 e. The minimum Gasteiger partial charge on any atom is -0.336 e. The highest BCUT2D eigenvalue weighted by Crippen LogP contribution is 2.18. The Balaban J connectivity index is 2.57. The van der Waals surface area contributed by atoms with Crippen molar-refractivity contribution in [3.63, 3.8) is 0 Å². The van der Waals surface area contributed by atoms with Crippen molar-refractivity contribution in [3.8, 4) is 0 Å². The molecule has 1 atom stereocenters. The van der Waals surface area contributed by atoms with Crippen LogP contribution in [0.5, 0.6) is 0 Å². The van der Waals surface area contributed by atoms with E-state index in [0.29, 0.717) is 6.04 Å². The average molecular weight is 207 g/mol. The number of aromatic nitrogens is 2. The van der Waals surface area contributed by atoms with Gasteiger partial charge < -0.3 is 9.88 Å². The highest BCUT2D eigenvalue weighted by atomic mass is 15.1. The van der Waals surface area contributed by atoms with Gasteiger partial charge in [-0.15, -0.1) is 6.58 Å². The molecule has 1 N–H and O–H groups in total. The summed E-state index contributed by atoms with van der Waals surface area (Å²) in [6.07, 6.45) is 9.17. The summed E-state index contributed by atoms with van der Waals surface area (Å²) in [4.78, 5) is 4.16. The zero-order valence-electron chi connectivity index (χ0n) is 9.74. The highest BCUT2D eigenvalue weighted by molar-refractivity contribution is 5.04. The number of imidazole rings is 1. The first-order valence-corrected chi connectivity index (χ1v) is 5.60. The summed E-state index contributed by atoms with van der Waals surface area (Å²) in [7, 11) is 2.04. The minimum absolute atomic E-state index is 0.419. The SMILES string of the molecule is C=CCCCC(NCC)c1cncn1C. The van der Waals surface area contributed by atoms with E-state index in [1.165, 1.54) is 12.1 Å². The van der Waals surface area contributed by atoms with Crippen LogP contribution in [0, 0.1) is 0 Å². The predicted octanol–water partition coefficient (Wildman–Crippen LogP) is 2.43. The molecule has 1 unspecified atom stereocenters. The summed E-state index contributed by atoms with van der Waals surface area (Å²) in [5.74, 6) is 0. The number of aryl methyl sites for hydroxylation is 1. The number of hydrogen-bond donors (Lipinski definition) is 1. The van der Waals surface area contributed by atoms with Crippen LogP contribution < -0.4 is 5.32 Å². The van der Waals surface area contributed by atoms with Crippen LogP contribution in [-0.4, -0.2) is 16.1 Å². The molecule has 0 aliphatic heterocycles. The van der Waals surface area contributed by atoms with Crippen molar-refractivity contribution in [1.82, 2.24) is 14.9 Å². The Kier molecular flexibility index (Phi) is 5.12. The van der Waals surface area contributed by atoms with E-state index in [1.54, 1.807) is 0 Å². The molecule has 0 aromatic carbocycles. The first-order chi connectivity index (χ1) is 7.29. The summed E-state index contributed by atoms with van der Waals surface area (Å²) in [6, 6.07) is 0.419. The van der Waals surface area contributed by atoms with E-state index in [2.05, 4.69) is 28.4 Å². The van der Waals surface area contributed by atoms with Crippen molar-refractivity contribution in [2.24, 2.45) is 7.05 Å². The Hall–Kier alpha value is -1.09. The van der Waals surface area contributed by atoms with Crippen LogP contribution in [0.15, 0.2) is 25.2 Å². The minimum atomic E-state index is 0.419. The lowest BCUT2D eigenvalue weighted by atomic mass is 10.1. The van der Waals surface area contributed by atoms with Crippen molar-refractivity contribution in [3.05, 3.63) is 30.9 Å². The molecule has 0 fully saturated rings. The summed E-state index contributed by atoms with van der Waals surface area (Å²) >= 11 is 0. The van der Waals surface area contributed by atoms with Crippen LogP contribution in [0.1, 0.15) is 37.9 Å². The molecule has 84 valence electrons. The lowest BCUT2D eigenvalue weighted by Crippen LogP contribution is -2.22. The summed E-state index contributed by atoms with van der Waals surface area (Å²) < 4.78 is 2.08. The van der Waals surface area contributed by atoms with Crippen LogP contribution >= 0.6 is 0 Å². The van der Waals surface area contributed by atoms with Gasteiger partial charge >= 0.3 is 0 Å². The maximum absolute atomic E-state index is 4.16. The number of unbranched alkanes of at least 4 members (excludes halogenated alkanes) is 1. The second-order valence-corrected chi connectivity index (χ2v) is 3.76. The fourth-order valence-corrected chi connectivity index (χ4v) is 1.77. The second kappa shape index (κ2) is 6.40. The van der Waals surface area contributed by atoms with Gasteiger partial charge in [-0.2, -0.15) is 0 Å². The Labute approximate surface area is 92.2 Å². The van der Waals surface area contributed by atoms with Crippen LogP contribution in [0.2, 0.25) is 0 Å². The van der Waals surface area contributed by atoms with Gasteiger partial charge in [0, 0.05) is 19.3 Å². The van der Waals surface area contributed by atoms with E-state index in [-0.39, 0.29) is 0 Å². The second-order valence-electron chi connectivity index (χ2n) is 3.76. The number of nitrogens with zero attached hydrogens (tertiary/aromatic N) is 2. The quantitative estimate of drug-likeness (QED) is 0.549. The third-order valence-electron chi connectivity index (χ3n) is 2.56. The van der Waals surface area contributed by atoms with Crippen LogP contribution in [0.3, 0.4) is 0 Å². The van der Waals surface area contributed by atoms with E-state index < -0.39 is 0 Å². The third kappa shape index (κ3) is 3.51. The number of hydrogen-bond acceptors (Lipinski definition) is 2.